The van der Waals surface area contributed by atoms with Gasteiger partial charge in [-0.15, -0.1) is 0 Å². The molecule has 0 saturated carbocycles. The van der Waals surface area contributed by atoms with E-state index in [1.807, 2.05) is 32.1 Å². The van der Waals surface area contributed by atoms with Crippen LogP contribution in [0.5, 0.6) is 11.5 Å². The van der Waals surface area contributed by atoms with Gasteiger partial charge in [-0.1, -0.05) is 23.8 Å². The molecule has 2 aromatic rings. The van der Waals surface area contributed by atoms with Crippen molar-refractivity contribution in [2.75, 3.05) is 23.0 Å². The van der Waals surface area contributed by atoms with Crippen molar-refractivity contribution in [2.45, 2.75) is 33.1 Å². The molecule has 2 saturated heterocycles. The summed E-state index contributed by atoms with van der Waals surface area (Å²) in [7, 11) is 0. The second-order valence-corrected chi connectivity index (χ2v) is 9.44. The predicted octanol–water partition coefficient (Wildman–Crippen LogP) is 3.89. The minimum atomic E-state index is -0.618. The number of carbonyl (C=O) groups excluding carboxylic acids is 4. The number of benzene rings is 2. The monoisotopic (exact) mass is 488 g/mol. The Morgan fingerprint density at radius 1 is 0.972 bits per heavy atom. The lowest BCUT2D eigenvalue weighted by atomic mass is 9.82. The third-order valence-corrected chi connectivity index (χ3v) is 7.05. The van der Waals surface area contributed by atoms with Crippen LogP contribution in [0.4, 0.5) is 11.4 Å². The maximum atomic E-state index is 12.9. The quantitative estimate of drug-likeness (QED) is 0.265. The predicted molar refractivity (Wildman–Crippen MR) is 133 cm³/mol. The molecule has 186 valence electrons. The Hall–Kier alpha value is -3.94. The summed E-state index contributed by atoms with van der Waals surface area (Å²) < 4.78 is 11.2. The van der Waals surface area contributed by atoms with Gasteiger partial charge in [0.2, 0.25) is 17.7 Å². The van der Waals surface area contributed by atoms with Crippen molar-refractivity contribution >= 4 is 35.1 Å². The van der Waals surface area contributed by atoms with Gasteiger partial charge in [-0.05, 0) is 63.1 Å². The summed E-state index contributed by atoms with van der Waals surface area (Å²) in [4.78, 5) is 54.1. The Kier molecular flexibility index (Phi) is 6.35. The van der Waals surface area contributed by atoms with Gasteiger partial charge in [-0.3, -0.25) is 24.1 Å². The molecule has 5 rings (SSSR count). The number of hydrogen-bond donors (Lipinski definition) is 0. The van der Waals surface area contributed by atoms with Crippen LogP contribution < -0.4 is 19.3 Å². The first-order valence-corrected chi connectivity index (χ1v) is 12.2. The zero-order chi connectivity index (χ0) is 25.4. The fraction of sp³-hybridized carbons (Fsp3) is 0.357. The second-order valence-electron chi connectivity index (χ2n) is 9.44. The van der Waals surface area contributed by atoms with E-state index in [9.17, 15) is 19.2 Å². The van der Waals surface area contributed by atoms with Crippen molar-refractivity contribution < 1.29 is 28.7 Å². The summed E-state index contributed by atoms with van der Waals surface area (Å²) in [5.74, 6) is -1.40. The van der Waals surface area contributed by atoms with Gasteiger partial charge >= 0.3 is 5.97 Å². The molecule has 0 bridgehead atoms. The van der Waals surface area contributed by atoms with Gasteiger partial charge in [0.15, 0.2) is 0 Å². The number of anilines is 2. The molecule has 3 amide bonds. The minimum absolute atomic E-state index is 0.0460. The lowest BCUT2D eigenvalue weighted by Gasteiger charge is -2.20. The number of rotatable bonds is 6. The van der Waals surface area contributed by atoms with E-state index in [4.69, 9.17) is 9.47 Å². The Morgan fingerprint density at radius 3 is 2.44 bits per heavy atom. The number of amides is 3. The summed E-state index contributed by atoms with van der Waals surface area (Å²) >= 11 is 0. The van der Waals surface area contributed by atoms with Crippen LogP contribution in [0.2, 0.25) is 0 Å². The highest BCUT2D eigenvalue weighted by Gasteiger charge is 2.48. The first kappa shape index (κ1) is 23.8. The zero-order valence-corrected chi connectivity index (χ0v) is 20.3. The Morgan fingerprint density at radius 2 is 1.69 bits per heavy atom. The Balaban J connectivity index is 1.24. The van der Waals surface area contributed by atoms with Crippen LogP contribution in [0, 0.1) is 17.8 Å². The molecule has 36 heavy (non-hydrogen) atoms. The van der Waals surface area contributed by atoms with E-state index in [1.54, 1.807) is 41.3 Å². The largest absolute Gasteiger partial charge is 0.492 e. The maximum Gasteiger partial charge on any atom is 0.316 e. The van der Waals surface area contributed by atoms with E-state index in [1.165, 1.54) is 4.90 Å². The number of imide groups is 1. The number of ether oxygens (including phenoxy) is 2. The topological polar surface area (TPSA) is 93.2 Å². The fourth-order valence-corrected chi connectivity index (χ4v) is 5.21. The molecule has 0 aromatic heterocycles. The van der Waals surface area contributed by atoms with Gasteiger partial charge in [0, 0.05) is 13.0 Å². The van der Waals surface area contributed by atoms with Gasteiger partial charge in [0.05, 0.1) is 35.7 Å². The molecule has 0 spiro atoms. The van der Waals surface area contributed by atoms with Gasteiger partial charge in [-0.2, -0.15) is 0 Å². The maximum absolute atomic E-state index is 12.9. The van der Waals surface area contributed by atoms with E-state index in [0.29, 0.717) is 42.3 Å². The van der Waals surface area contributed by atoms with E-state index >= 15 is 0 Å². The molecule has 2 fully saturated rings. The number of nitrogens with zero attached hydrogens (tertiary/aromatic N) is 2. The molecule has 8 heteroatoms. The van der Waals surface area contributed by atoms with E-state index in [2.05, 4.69) is 0 Å². The zero-order valence-electron chi connectivity index (χ0n) is 20.3. The molecule has 8 nitrogen and oxygen atoms in total. The molecular weight excluding hydrogens is 460 g/mol. The Bertz CT molecular complexity index is 1250. The standard InChI is InChI=1S/C28H28N2O6/c1-3-35-24-7-5-4-6-23(24)29-16-18(15-25(29)31)28(34)36-20-11-9-19(10-12-20)30-26(32)21-13-8-17(2)14-22(21)27(30)33/h4-12,18,21-22H,3,13-16H2,1-2H3/t18-,21+,22-/m1/s1. The number of esters is 1. The van der Waals surface area contributed by atoms with Crippen LogP contribution in [0.1, 0.15) is 33.1 Å². The Labute approximate surface area is 209 Å². The lowest BCUT2D eigenvalue weighted by Crippen LogP contribution is -2.30. The van der Waals surface area contributed by atoms with Crippen LogP contribution in [0.3, 0.4) is 0 Å². The number of para-hydroxylation sites is 2. The van der Waals surface area contributed by atoms with Crippen molar-refractivity contribution in [3.05, 3.63) is 60.2 Å². The third-order valence-electron chi connectivity index (χ3n) is 7.05. The molecule has 1 aliphatic carbocycles. The molecule has 0 unspecified atom stereocenters. The van der Waals surface area contributed by atoms with Crippen LogP contribution in [-0.4, -0.2) is 36.8 Å². The first-order chi connectivity index (χ1) is 17.4. The van der Waals surface area contributed by atoms with Crippen LogP contribution >= 0.6 is 0 Å². The van der Waals surface area contributed by atoms with Crippen molar-refractivity contribution in [3.8, 4) is 11.5 Å². The number of fused-ring (bicyclic) bond motifs is 1. The lowest BCUT2D eigenvalue weighted by molar-refractivity contribution is -0.139. The SMILES string of the molecule is CCOc1ccccc1N1C[C@H](C(=O)Oc2ccc(N3C(=O)[C@H]4CC=C(C)C[C@H]4C3=O)cc2)CC1=O. The van der Waals surface area contributed by atoms with Crippen LogP contribution in [-0.2, 0) is 19.2 Å². The highest BCUT2D eigenvalue weighted by molar-refractivity contribution is 6.22. The minimum Gasteiger partial charge on any atom is -0.492 e. The van der Waals surface area contributed by atoms with Crippen LogP contribution in [0.15, 0.2) is 60.2 Å². The van der Waals surface area contributed by atoms with Gasteiger partial charge < -0.3 is 14.4 Å². The molecule has 3 aliphatic rings. The average molecular weight is 489 g/mol. The molecular formula is C28H28N2O6. The molecule has 2 heterocycles. The third kappa shape index (κ3) is 4.27. The molecule has 0 radical (unpaired) electrons. The van der Waals surface area contributed by atoms with Gasteiger partial charge in [0.25, 0.3) is 0 Å². The second kappa shape index (κ2) is 9.60. The first-order valence-electron chi connectivity index (χ1n) is 12.2. The summed E-state index contributed by atoms with van der Waals surface area (Å²) in [5.41, 5.74) is 2.23. The number of carbonyl (C=O) groups is 4. The average Bonchev–Trinajstić information content (AvgIpc) is 3.37. The summed E-state index contributed by atoms with van der Waals surface area (Å²) in [5, 5.41) is 0. The molecule has 3 atom stereocenters. The molecule has 2 aromatic carbocycles. The highest BCUT2D eigenvalue weighted by atomic mass is 16.5. The highest BCUT2D eigenvalue weighted by Crippen LogP contribution is 2.40. The van der Waals surface area contributed by atoms with Crippen molar-refractivity contribution in [2.24, 2.45) is 17.8 Å². The van der Waals surface area contributed by atoms with Crippen LogP contribution in [0.25, 0.3) is 0 Å². The van der Waals surface area contributed by atoms with E-state index in [-0.39, 0.29) is 42.5 Å². The molecule has 2 aliphatic heterocycles. The summed E-state index contributed by atoms with van der Waals surface area (Å²) in [6, 6.07) is 13.6. The van der Waals surface area contributed by atoms with Crippen molar-refractivity contribution in [1.82, 2.24) is 0 Å². The van der Waals surface area contributed by atoms with E-state index < -0.39 is 11.9 Å². The number of allylic oxidation sites excluding steroid dienone is 2. The summed E-state index contributed by atoms with van der Waals surface area (Å²) in [6.07, 6.45) is 3.26. The van der Waals surface area contributed by atoms with Crippen molar-refractivity contribution in [3.63, 3.8) is 0 Å². The van der Waals surface area contributed by atoms with Gasteiger partial charge in [-0.25, -0.2) is 0 Å². The van der Waals surface area contributed by atoms with Gasteiger partial charge in [0.1, 0.15) is 11.5 Å². The van der Waals surface area contributed by atoms with Crippen molar-refractivity contribution in [1.29, 1.82) is 0 Å². The fourth-order valence-electron chi connectivity index (χ4n) is 5.21. The normalized spacial score (nSPS) is 23.6. The van der Waals surface area contributed by atoms with E-state index in [0.717, 1.165) is 5.57 Å². The molecule has 0 N–H and O–H groups in total. The summed E-state index contributed by atoms with van der Waals surface area (Å²) in [6.45, 7) is 4.52. The smallest absolute Gasteiger partial charge is 0.316 e. The number of hydrogen-bond acceptors (Lipinski definition) is 6.